The van der Waals surface area contributed by atoms with Crippen LogP contribution in [0.1, 0.15) is 58.4 Å². The van der Waals surface area contributed by atoms with E-state index < -0.39 is 0 Å². The molecule has 7 aromatic rings. The fourth-order valence-corrected chi connectivity index (χ4v) is 8.89. The summed E-state index contributed by atoms with van der Waals surface area (Å²) in [5, 5.41) is 5.67. The smallest absolute Gasteiger partial charge is 0.119 e. The highest BCUT2D eigenvalue weighted by Crippen LogP contribution is 2.45. The molecule has 6 heteroatoms. The summed E-state index contributed by atoms with van der Waals surface area (Å²) in [7, 11) is 0. The Kier molecular flexibility index (Phi) is 14.0. The van der Waals surface area contributed by atoms with Crippen LogP contribution in [-0.2, 0) is 46.1 Å². The number of aryl methyl sites for hydroxylation is 1. The van der Waals surface area contributed by atoms with Crippen molar-refractivity contribution in [1.82, 2.24) is 0 Å². The Morgan fingerprint density at radius 2 is 1.38 bits per heavy atom. The van der Waals surface area contributed by atoms with Gasteiger partial charge in [-0.3, -0.25) is 0 Å². The molecule has 4 nitrogen and oxygen atoms in total. The highest BCUT2D eigenvalue weighted by Gasteiger charge is 2.32. The summed E-state index contributed by atoms with van der Waals surface area (Å²) in [6.07, 6.45) is 9.99. The molecular weight excluding hydrogens is 783 g/mol. The number of benzene rings is 7. The average Bonchev–Trinajstić information content (AvgIpc) is 3.30. The van der Waals surface area contributed by atoms with Crippen molar-refractivity contribution < 1.29 is 18.9 Å². The number of hydrogen-bond donors (Lipinski definition) is 0. The van der Waals surface area contributed by atoms with Crippen LogP contribution in [0, 0.1) is 5.92 Å². The highest BCUT2D eigenvalue weighted by atomic mass is 35.5. The van der Waals surface area contributed by atoms with Crippen LogP contribution in [0.2, 0.25) is 5.02 Å². The minimum atomic E-state index is -0.0984. The maximum atomic E-state index is 6.97. The first kappa shape index (κ1) is 41.4. The second-order valence-electron chi connectivity index (χ2n) is 15.3. The number of rotatable bonds is 13. The quantitative estimate of drug-likeness (QED) is 0.0857. The standard InChI is InChI=1S/C49H44Cl2O3.C5H6O/c1-2-53-39-20-17-33(18-21-39)25-37-26-45(38(29-50)27-48(37)51)47-28-46-42(40-15-9-10-16-41(40)47)23-24-44-43(46)22-19-36(32-52-30-34-11-5-3-6-12-34)49(44)54-31-35-13-7-4-8-14-35;1-2-4-6-5-3-1/h3-18,20-21,23-24,26-28,36,49H,2,19,22,25,29-32H2,1H3;1-4H,5H2. The summed E-state index contributed by atoms with van der Waals surface area (Å²) in [4.78, 5) is 0. The molecule has 0 aromatic heterocycles. The van der Waals surface area contributed by atoms with Gasteiger partial charge in [0.05, 0.1) is 38.8 Å². The molecule has 304 valence electrons. The van der Waals surface area contributed by atoms with E-state index in [1.54, 1.807) is 6.26 Å². The fraction of sp³-hybridized carbons (Fsp3) is 0.222. The van der Waals surface area contributed by atoms with Crippen molar-refractivity contribution >= 4 is 44.7 Å². The van der Waals surface area contributed by atoms with E-state index >= 15 is 0 Å². The van der Waals surface area contributed by atoms with Gasteiger partial charge < -0.3 is 18.9 Å². The van der Waals surface area contributed by atoms with Crippen LogP contribution in [0.3, 0.4) is 0 Å². The van der Waals surface area contributed by atoms with Gasteiger partial charge in [0, 0.05) is 16.8 Å². The largest absolute Gasteiger partial charge is 0.497 e. The Balaban J connectivity index is 0.000000765. The van der Waals surface area contributed by atoms with Crippen LogP contribution in [0.25, 0.3) is 32.7 Å². The summed E-state index contributed by atoms with van der Waals surface area (Å²) < 4.78 is 23.7. The van der Waals surface area contributed by atoms with Crippen LogP contribution in [-0.4, -0.2) is 19.8 Å². The van der Waals surface area contributed by atoms with Crippen molar-refractivity contribution in [3.63, 3.8) is 0 Å². The second-order valence-corrected chi connectivity index (χ2v) is 16.0. The van der Waals surface area contributed by atoms with Crippen molar-refractivity contribution in [2.24, 2.45) is 5.92 Å². The first-order valence-electron chi connectivity index (χ1n) is 20.9. The molecule has 0 radical (unpaired) electrons. The van der Waals surface area contributed by atoms with E-state index in [4.69, 9.17) is 42.1 Å². The number of allylic oxidation sites excluding steroid dienone is 2. The van der Waals surface area contributed by atoms with Gasteiger partial charge in [0.2, 0.25) is 0 Å². The van der Waals surface area contributed by atoms with Crippen molar-refractivity contribution in [2.45, 2.75) is 51.4 Å². The normalized spacial score (nSPS) is 15.6. The molecule has 60 heavy (non-hydrogen) atoms. The van der Waals surface area contributed by atoms with Gasteiger partial charge in [-0.1, -0.05) is 127 Å². The maximum absolute atomic E-state index is 6.97. The molecule has 1 aliphatic heterocycles. The van der Waals surface area contributed by atoms with Crippen molar-refractivity contribution in [1.29, 1.82) is 0 Å². The molecular formula is C54H50Cl2O4. The molecule has 9 rings (SSSR count). The van der Waals surface area contributed by atoms with Gasteiger partial charge in [-0.05, 0) is 140 Å². The molecule has 2 aliphatic rings. The lowest BCUT2D eigenvalue weighted by Crippen LogP contribution is -2.27. The summed E-state index contributed by atoms with van der Waals surface area (Å²) in [5.41, 5.74) is 10.5. The van der Waals surface area contributed by atoms with E-state index in [0.29, 0.717) is 38.7 Å². The lowest BCUT2D eigenvalue weighted by atomic mass is 9.78. The van der Waals surface area contributed by atoms with Crippen LogP contribution in [0.5, 0.6) is 5.75 Å². The lowest BCUT2D eigenvalue weighted by Gasteiger charge is -2.34. The van der Waals surface area contributed by atoms with Crippen LogP contribution >= 0.6 is 23.2 Å². The van der Waals surface area contributed by atoms with Gasteiger partial charge in [-0.15, -0.1) is 11.6 Å². The van der Waals surface area contributed by atoms with Crippen molar-refractivity contribution in [3.05, 3.63) is 208 Å². The number of hydrogen-bond acceptors (Lipinski definition) is 4. The van der Waals surface area contributed by atoms with Crippen LogP contribution < -0.4 is 4.74 Å². The first-order valence-corrected chi connectivity index (χ1v) is 21.8. The Bertz CT molecular complexity index is 2550. The minimum absolute atomic E-state index is 0.0984. The predicted octanol–water partition coefficient (Wildman–Crippen LogP) is 14.2. The summed E-state index contributed by atoms with van der Waals surface area (Å²) in [6, 6.07) is 49.2. The van der Waals surface area contributed by atoms with Gasteiger partial charge in [-0.25, -0.2) is 0 Å². The number of fused-ring (bicyclic) bond motifs is 5. The van der Waals surface area contributed by atoms with Gasteiger partial charge in [0.25, 0.3) is 0 Å². The van der Waals surface area contributed by atoms with E-state index in [2.05, 4.69) is 115 Å². The molecule has 0 amide bonds. The third-order valence-electron chi connectivity index (χ3n) is 11.4. The van der Waals surface area contributed by atoms with Crippen LogP contribution in [0.4, 0.5) is 0 Å². The molecule has 0 bridgehead atoms. The number of alkyl halides is 1. The first-order chi connectivity index (χ1) is 29.6. The molecule has 0 saturated carbocycles. The Morgan fingerprint density at radius 1 is 0.667 bits per heavy atom. The average molecular weight is 834 g/mol. The van der Waals surface area contributed by atoms with E-state index in [0.717, 1.165) is 46.9 Å². The third kappa shape index (κ3) is 9.81. The van der Waals surface area contributed by atoms with Gasteiger partial charge in [-0.2, -0.15) is 0 Å². The minimum Gasteiger partial charge on any atom is -0.497 e. The molecule has 1 aliphatic carbocycles. The lowest BCUT2D eigenvalue weighted by molar-refractivity contribution is -0.0436. The Morgan fingerprint density at radius 3 is 2.05 bits per heavy atom. The molecule has 0 saturated heterocycles. The number of halogens is 2. The monoisotopic (exact) mass is 832 g/mol. The summed E-state index contributed by atoms with van der Waals surface area (Å²) >= 11 is 13.7. The zero-order valence-electron chi connectivity index (χ0n) is 34.0. The summed E-state index contributed by atoms with van der Waals surface area (Å²) in [5.74, 6) is 1.46. The van der Waals surface area contributed by atoms with Crippen molar-refractivity contribution in [3.8, 4) is 16.9 Å². The molecule has 2 atom stereocenters. The molecule has 0 spiro atoms. The van der Waals surface area contributed by atoms with Crippen LogP contribution in [0.15, 0.2) is 164 Å². The van der Waals surface area contributed by atoms with E-state index in [9.17, 15) is 0 Å². The molecule has 2 unspecified atom stereocenters. The number of ether oxygens (including phenoxy) is 4. The predicted molar refractivity (Wildman–Crippen MR) is 248 cm³/mol. The van der Waals surface area contributed by atoms with E-state index in [1.165, 1.54) is 54.9 Å². The van der Waals surface area contributed by atoms with Gasteiger partial charge >= 0.3 is 0 Å². The van der Waals surface area contributed by atoms with Gasteiger partial charge in [0.1, 0.15) is 12.4 Å². The molecule has 1 heterocycles. The van der Waals surface area contributed by atoms with Gasteiger partial charge in [0.15, 0.2) is 0 Å². The topological polar surface area (TPSA) is 36.9 Å². The highest BCUT2D eigenvalue weighted by molar-refractivity contribution is 6.32. The zero-order chi connectivity index (χ0) is 41.1. The molecule has 7 aromatic carbocycles. The van der Waals surface area contributed by atoms with E-state index in [-0.39, 0.29) is 12.0 Å². The van der Waals surface area contributed by atoms with E-state index in [1.807, 2.05) is 49.4 Å². The Hall–Kier alpha value is -5.36. The molecule has 0 N–H and O–H groups in total. The third-order valence-corrected chi connectivity index (χ3v) is 12.0. The SMILES string of the molecule is C1=CCOC=C1.CCOc1ccc(Cc2cc(-c3cc4c5c(ccc4c4ccccc34)C(OCc3ccccc3)C(COCc3ccccc3)CC5)c(CCl)cc2Cl)cc1. The molecule has 0 fully saturated rings. The second kappa shape index (κ2) is 20.3. The zero-order valence-corrected chi connectivity index (χ0v) is 35.5. The fourth-order valence-electron chi connectivity index (χ4n) is 8.41. The maximum Gasteiger partial charge on any atom is 0.119 e. The summed E-state index contributed by atoms with van der Waals surface area (Å²) in [6.45, 7) is 5.14. The van der Waals surface area contributed by atoms with Crippen molar-refractivity contribution in [2.75, 3.05) is 19.8 Å². The Labute approximate surface area is 364 Å².